The highest BCUT2D eigenvalue weighted by Crippen LogP contribution is 2.36. The van der Waals surface area contributed by atoms with Crippen LogP contribution in [-0.4, -0.2) is 44.8 Å². The monoisotopic (exact) mass is 422 g/mol. The quantitative estimate of drug-likeness (QED) is 0.503. The molecule has 31 heavy (non-hydrogen) atoms. The van der Waals surface area contributed by atoms with Crippen LogP contribution in [-0.2, 0) is 16.1 Å². The minimum absolute atomic E-state index is 0.0924. The molecule has 0 aliphatic carbocycles. The van der Waals surface area contributed by atoms with Gasteiger partial charge in [-0.25, -0.2) is 0 Å². The van der Waals surface area contributed by atoms with E-state index in [-0.39, 0.29) is 18.0 Å². The molecular formula is C23H26N4O4. The van der Waals surface area contributed by atoms with Crippen molar-refractivity contribution in [3.05, 3.63) is 59.5 Å². The van der Waals surface area contributed by atoms with Crippen molar-refractivity contribution in [2.75, 3.05) is 6.54 Å². The van der Waals surface area contributed by atoms with E-state index < -0.39 is 18.4 Å². The first-order chi connectivity index (χ1) is 15.0. The van der Waals surface area contributed by atoms with Gasteiger partial charge in [0, 0.05) is 29.7 Å². The maximum absolute atomic E-state index is 12.4. The SMILES string of the molecule is C#C.C/C=N\N1Cc2c(cccc2-c2cccnc2)C(O)=C1C(=O)NCC(=O)O.CC. The lowest BCUT2D eigenvalue weighted by atomic mass is 9.92. The number of carbonyl (C=O) groups is 2. The van der Waals surface area contributed by atoms with Gasteiger partial charge in [0.25, 0.3) is 5.91 Å². The summed E-state index contributed by atoms with van der Waals surface area (Å²) < 4.78 is 0. The number of pyridine rings is 1. The lowest BCUT2D eigenvalue weighted by molar-refractivity contribution is -0.137. The number of rotatable bonds is 5. The third-order valence-corrected chi connectivity index (χ3v) is 4.06. The smallest absolute Gasteiger partial charge is 0.322 e. The number of terminal acetylenes is 1. The summed E-state index contributed by atoms with van der Waals surface area (Å²) in [7, 11) is 0. The van der Waals surface area contributed by atoms with Gasteiger partial charge in [-0.05, 0) is 24.1 Å². The Hall–Kier alpha value is -4.12. The number of hydrogen-bond donors (Lipinski definition) is 3. The van der Waals surface area contributed by atoms with Gasteiger partial charge in [0.2, 0.25) is 0 Å². The van der Waals surface area contributed by atoms with Crippen LogP contribution in [0.3, 0.4) is 0 Å². The van der Waals surface area contributed by atoms with E-state index in [0.29, 0.717) is 5.56 Å². The van der Waals surface area contributed by atoms with Crippen LogP contribution in [0.2, 0.25) is 0 Å². The number of carboxylic acids is 1. The molecule has 2 heterocycles. The van der Waals surface area contributed by atoms with Gasteiger partial charge >= 0.3 is 5.97 Å². The van der Waals surface area contributed by atoms with Gasteiger partial charge in [0.05, 0.1) is 6.54 Å². The number of hydrazone groups is 1. The molecule has 0 unspecified atom stereocenters. The molecule has 162 valence electrons. The number of aliphatic hydroxyl groups is 1. The van der Waals surface area contributed by atoms with Crippen LogP contribution < -0.4 is 5.32 Å². The Morgan fingerprint density at radius 1 is 1.23 bits per heavy atom. The molecule has 3 rings (SSSR count). The number of amides is 1. The van der Waals surface area contributed by atoms with Crippen molar-refractivity contribution in [2.45, 2.75) is 27.3 Å². The summed E-state index contributed by atoms with van der Waals surface area (Å²) in [6.45, 7) is 5.37. The number of benzene rings is 1. The first-order valence-corrected chi connectivity index (χ1v) is 9.58. The van der Waals surface area contributed by atoms with Gasteiger partial charge in [-0.15, -0.1) is 12.8 Å². The van der Waals surface area contributed by atoms with Crippen LogP contribution in [0.15, 0.2) is 53.5 Å². The summed E-state index contributed by atoms with van der Waals surface area (Å²) >= 11 is 0. The van der Waals surface area contributed by atoms with Crippen molar-refractivity contribution in [1.82, 2.24) is 15.3 Å². The molecular weight excluding hydrogens is 396 g/mol. The third-order valence-electron chi connectivity index (χ3n) is 4.06. The zero-order valence-electron chi connectivity index (χ0n) is 17.7. The summed E-state index contributed by atoms with van der Waals surface area (Å²) in [5.74, 6) is -2.14. The Bertz CT molecular complexity index is 982. The number of hydrogen-bond acceptors (Lipinski definition) is 6. The van der Waals surface area contributed by atoms with E-state index in [2.05, 4.69) is 28.2 Å². The van der Waals surface area contributed by atoms with Crippen molar-refractivity contribution < 1.29 is 19.8 Å². The molecule has 0 saturated carbocycles. The predicted molar refractivity (Wildman–Crippen MR) is 121 cm³/mol. The fourth-order valence-electron chi connectivity index (χ4n) is 2.95. The molecule has 8 heteroatoms. The minimum Gasteiger partial charge on any atom is -0.505 e. The number of carbonyl (C=O) groups excluding carboxylic acids is 1. The number of aliphatic carboxylic acids is 1. The van der Waals surface area contributed by atoms with Gasteiger partial charge in [-0.3, -0.25) is 19.6 Å². The fraction of sp³-hybridized carbons (Fsp3) is 0.217. The molecule has 0 saturated heterocycles. The second-order valence-corrected chi connectivity index (χ2v) is 5.78. The predicted octanol–water partition coefficient (Wildman–Crippen LogP) is 3.27. The Balaban J connectivity index is 0.00000113. The highest BCUT2D eigenvalue weighted by Gasteiger charge is 2.31. The maximum Gasteiger partial charge on any atom is 0.322 e. The summed E-state index contributed by atoms with van der Waals surface area (Å²) in [6, 6.07) is 9.13. The van der Waals surface area contributed by atoms with Crippen LogP contribution >= 0.6 is 0 Å². The average Bonchev–Trinajstić information content (AvgIpc) is 2.81. The highest BCUT2D eigenvalue weighted by molar-refractivity contribution is 6.01. The molecule has 0 spiro atoms. The van der Waals surface area contributed by atoms with Crippen LogP contribution in [0.1, 0.15) is 31.9 Å². The van der Waals surface area contributed by atoms with Crippen molar-refractivity contribution in [2.24, 2.45) is 5.10 Å². The molecule has 0 atom stereocenters. The molecule has 1 aliphatic rings. The number of carboxylic acid groups (broad SMARTS) is 1. The number of aliphatic hydroxyl groups excluding tert-OH is 1. The van der Waals surface area contributed by atoms with Gasteiger partial charge < -0.3 is 15.5 Å². The Labute approximate surface area is 181 Å². The number of fused-ring (bicyclic) bond motifs is 1. The molecule has 3 N–H and O–H groups in total. The van der Waals surface area contributed by atoms with E-state index in [0.717, 1.165) is 16.7 Å². The summed E-state index contributed by atoms with van der Waals surface area (Å²) in [5, 5.41) is 27.3. The maximum atomic E-state index is 12.4. The number of aromatic nitrogens is 1. The zero-order chi connectivity index (χ0) is 23.4. The molecule has 1 aliphatic heterocycles. The number of nitrogens with one attached hydrogen (secondary N) is 1. The average molecular weight is 422 g/mol. The molecule has 1 aromatic heterocycles. The molecule has 0 bridgehead atoms. The second-order valence-electron chi connectivity index (χ2n) is 5.78. The zero-order valence-corrected chi connectivity index (χ0v) is 17.7. The van der Waals surface area contributed by atoms with Gasteiger partial charge in [-0.1, -0.05) is 38.1 Å². The van der Waals surface area contributed by atoms with Crippen LogP contribution in [0.4, 0.5) is 0 Å². The normalized spacial score (nSPS) is 12.1. The van der Waals surface area contributed by atoms with Gasteiger partial charge in [-0.2, -0.15) is 5.10 Å². The van der Waals surface area contributed by atoms with Crippen LogP contribution in [0.25, 0.3) is 16.9 Å². The Kier molecular flexibility index (Phi) is 10.0. The molecule has 8 nitrogen and oxygen atoms in total. The van der Waals surface area contributed by atoms with Gasteiger partial charge in [0.15, 0.2) is 11.5 Å². The summed E-state index contributed by atoms with van der Waals surface area (Å²) in [4.78, 5) is 27.3. The third kappa shape index (κ3) is 5.93. The van der Waals surface area contributed by atoms with Crippen molar-refractivity contribution >= 4 is 23.9 Å². The highest BCUT2D eigenvalue weighted by atomic mass is 16.4. The standard InChI is InChI=1S/C19H18N4O4.C2H6.C2H2/c1-2-22-23-11-15-13(12-5-4-8-20-9-12)6-3-7-14(15)18(26)17(23)19(27)21-10-16(24)25;2*1-2/h2-9,26H,10-11H2,1H3,(H,21,27)(H,24,25);1-2H3;1-2H/b22-2-;;. The lowest BCUT2D eigenvalue weighted by Crippen LogP contribution is -2.38. The fourth-order valence-corrected chi connectivity index (χ4v) is 2.95. The first-order valence-electron chi connectivity index (χ1n) is 9.58. The Morgan fingerprint density at radius 3 is 2.48 bits per heavy atom. The first kappa shape index (κ1) is 24.9. The summed E-state index contributed by atoms with van der Waals surface area (Å²) in [5.41, 5.74) is 2.95. The molecule has 1 amide bonds. The van der Waals surface area contributed by atoms with Crippen LogP contribution in [0.5, 0.6) is 0 Å². The molecule has 0 fully saturated rings. The van der Waals surface area contributed by atoms with Gasteiger partial charge in [0.1, 0.15) is 6.54 Å². The van der Waals surface area contributed by atoms with Crippen molar-refractivity contribution in [3.63, 3.8) is 0 Å². The Morgan fingerprint density at radius 2 is 1.90 bits per heavy atom. The van der Waals surface area contributed by atoms with E-state index >= 15 is 0 Å². The second kappa shape index (κ2) is 12.4. The van der Waals surface area contributed by atoms with Crippen molar-refractivity contribution in [3.8, 4) is 24.0 Å². The topological polar surface area (TPSA) is 115 Å². The summed E-state index contributed by atoms with van der Waals surface area (Å²) in [6.07, 6.45) is 12.9. The van der Waals surface area contributed by atoms with E-state index in [9.17, 15) is 14.7 Å². The van der Waals surface area contributed by atoms with Crippen LogP contribution in [0, 0.1) is 12.8 Å². The molecule has 1 aromatic carbocycles. The van der Waals surface area contributed by atoms with E-state index in [1.807, 2.05) is 32.0 Å². The molecule has 0 radical (unpaired) electrons. The minimum atomic E-state index is -1.18. The number of nitrogens with zero attached hydrogens (tertiary/aromatic N) is 3. The van der Waals surface area contributed by atoms with E-state index in [4.69, 9.17) is 5.11 Å². The molecule has 2 aromatic rings. The van der Waals surface area contributed by atoms with E-state index in [1.165, 1.54) is 11.2 Å². The lowest BCUT2D eigenvalue weighted by Gasteiger charge is -2.29. The van der Waals surface area contributed by atoms with Crippen molar-refractivity contribution in [1.29, 1.82) is 0 Å². The van der Waals surface area contributed by atoms with E-state index in [1.54, 1.807) is 31.5 Å². The largest absolute Gasteiger partial charge is 0.505 e.